The van der Waals surface area contributed by atoms with Gasteiger partial charge in [-0.2, -0.15) is 0 Å². The Kier molecular flexibility index (Phi) is 3.89. The molecule has 92 valence electrons. The molecule has 0 spiro atoms. The molecule has 0 N–H and O–H groups in total. The van der Waals surface area contributed by atoms with Crippen molar-refractivity contribution < 1.29 is 9.53 Å². The molecule has 0 saturated heterocycles. The molecule has 2 rings (SSSR count). The first-order chi connectivity index (χ1) is 8.68. The van der Waals surface area contributed by atoms with Gasteiger partial charge in [0.1, 0.15) is 11.3 Å². The van der Waals surface area contributed by atoms with Crippen molar-refractivity contribution in [1.82, 2.24) is 9.97 Å². The van der Waals surface area contributed by atoms with Crippen LogP contribution < -0.4 is 0 Å². The van der Waals surface area contributed by atoms with E-state index in [2.05, 4.69) is 9.97 Å². The highest BCUT2D eigenvalue weighted by molar-refractivity contribution is 6.32. The smallest absolute Gasteiger partial charge is 0.341 e. The maximum atomic E-state index is 11.9. The summed E-state index contributed by atoms with van der Waals surface area (Å²) >= 11 is 5.82. The van der Waals surface area contributed by atoms with Crippen molar-refractivity contribution >= 4 is 17.6 Å². The van der Waals surface area contributed by atoms with Gasteiger partial charge in [0.2, 0.25) is 0 Å². The minimum absolute atomic E-state index is 0.135. The van der Waals surface area contributed by atoms with Crippen LogP contribution in [0.15, 0.2) is 42.7 Å². The highest BCUT2D eigenvalue weighted by atomic mass is 35.5. The standard InChI is InChI=1S/C13H11ClN2O2/c1-9(11-6-2-3-7-15-11)18-13(17)10-5-4-8-16-12(10)14/h2-9H,1H3. The summed E-state index contributed by atoms with van der Waals surface area (Å²) in [5.74, 6) is -0.508. The molecule has 0 aliphatic rings. The summed E-state index contributed by atoms with van der Waals surface area (Å²) in [6.45, 7) is 1.75. The first-order valence-corrected chi connectivity index (χ1v) is 5.78. The largest absolute Gasteiger partial charge is 0.452 e. The third kappa shape index (κ3) is 2.84. The molecule has 2 aromatic heterocycles. The number of nitrogens with zero attached hydrogens (tertiary/aromatic N) is 2. The zero-order chi connectivity index (χ0) is 13.0. The molecule has 18 heavy (non-hydrogen) atoms. The predicted molar refractivity (Wildman–Crippen MR) is 67.3 cm³/mol. The Morgan fingerprint density at radius 2 is 2.00 bits per heavy atom. The predicted octanol–water partition coefficient (Wildman–Crippen LogP) is 3.05. The van der Waals surface area contributed by atoms with Crippen LogP contribution in [0.1, 0.15) is 29.1 Å². The average molecular weight is 263 g/mol. The highest BCUT2D eigenvalue weighted by Crippen LogP contribution is 2.19. The third-order valence-electron chi connectivity index (χ3n) is 2.37. The maximum absolute atomic E-state index is 11.9. The van der Waals surface area contributed by atoms with Gasteiger partial charge in [-0.25, -0.2) is 9.78 Å². The van der Waals surface area contributed by atoms with Crippen molar-refractivity contribution in [2.24, 2.45) is 0 Å². The molecule has 0 amide bonds. The quantitative estimate of drug-likeness (QED) is 0.630. The number of esters is 1. The van der Waals surface area contributed by atoms with Crippen molar-refractivity contribution in [3.8, 4) is 0 Å². The SMILES string of the molecule is CC(OC(=O)c1cccnc1Cl)c1ccccn1. The number of halogens is 1. The molecule has 0 aromatic carbocycles. The van der Waals surface area contributed by atoms with Gasteiger partial charge < -0.3 is 4.74 Å². The number of rotatable bonds is 3. The number of carbonyl (C=O) groups excluding carboxylic acids is 1. The molecule has 0 radical (unpaired) electrons. The molecular formula is C13H11ClN2O2. The molecular weight excluding hydrogens is 252 g/mol. The molecule has 0 saturated carbocycles. The van der Waals surface area contributed by atoms with E-state index in [1.165, 1.54) is 6.20 Å². The lowest BCUT2D eigenvalue weighted by molar-refractivity contribution is 0.0329. The van der Waals surface area contributed by atoms with Crippen molar-refractivity contribution in [3.63, 3.8) is 0 Å². The molecule has 0 aliphatic heterocycles. The van der Waals surface area contributed by atoms with Gasteiger partial charge in [-0.3, -0.25) is 4.98 Å². The number of hydrogen-bond donors (Lipinski definition) is 0. The van der Waals surface area contributed by atoms with E-state index < -0.39 is 12.1 Å². The lowest BCUT2D eigenvalue weighted by Gasteiger charge is -2.12. The molecule has 0 aliphatic carbocycles. The Labute approximate surface area is 110 Å². The summed E-state index contributed by atoms with van der Waals surface area (Å²) in [6.07, 6.45) is 2.73. The van der Waals surface area contributed by atoms with Gasteiger partial charge in [0.05, 0.1) is 11.3 Å². The lowest BCUT2D eigenvalue weighted by Crippen LogP contribution is -2.11. The van der Waals surface area contributed by atoms with Gasteiger partial charge in [0.25, 0.3) is 0 Å². The van der Waals surface area contributed by atoms with Gasteiger partial charge in [-0.15, -0.1) is 0 Å². The summed E-state index contributed by atoms with van der Waals surface area (Å²) in [4.78, 5) is 19.8. The zero-order valence-corrected chi connectivity index (χ0v) is 10.5. The maximum Gasteiger partial charge on any atom is 0.341 e. The first-order valence-electron chi connectivity index (χ1n) is 5.41. The average Bonchev–Trinajstić information content (AvgIpc) is 2.40. The van der Waals surface area contributed by atoms with Gasteiger partial charge in [-0.1, -0.05) is 17.7 Å². The van der Waals surface area contributed by atoms with E-state index in [-0.39, 0.29) is 10.7 Å². The summed E-state index contributed by atoms with van der Waals surface area (Å²) in [5, 5.41) is 0.135. The number of hydrogen-bond acceptors (Lipinski definition) is 4. The number of ether oxygens (including phenoxy) is 1. The summed E-state index contributed by atoms with van der Waals surface area (Å²) in [7, 11) is 0. The Balaban J connectivity index is 2.11. The molecule has 1 atom stereocenters. The highest BCUT2D eigenvalue weighted by Gasteiger charge is 2.17. The normalized spacial score (nSPS) is 11.9. The van der Waals surface area contributed by atoms with Crippen LogP contribution in [0.2, 0.25) is 5.15 Å². The molecule has 0 fully saturated rings. The fraction of sp³-hybridized carbons (Fsp3) is 0.154. The van der Waals surface area contributed by atoms with Gasteiger partial charge in [-0.05, 0) is 31.2 Å². The molecule has 1 unspecified atom stereocenters. The van der Waals surface area contributed by atoms with Crippen LogP contribution in [-0.4, -0.2) is 15.9 Å². The second kappa shape index (κ2) is 5.60. The van der Waals surface area contributed by atoms with Gasteiger partial charge in [0, 0.05) is 12.4 Å². The van der Waals surface area contributed by atoms with E-state index in [4.69, 9.17) is 16.3 Å². The molecule has 0 bridgehead atoms. The molecule has 4 nitrogen and oxygen atoms in total. The number of carbonyl (C=O) groups is 1. The molecule has 2 heterocycles. The summed E-state index contributed by atoms with van der Waals surface area (Å²) in [6, 6.07) is 8.64. The minimum atomic E-state index is -0.508. The van der Waals surface area contributed by atoms with Crippen LogP contribution in [0.4, 0.5) is 0 Å². The summed E-state index contributed by atoms with van der Waals surface area (Å²) in [5.41, 5.74) is 0.938. The zero-order valence-electron chi connectivity index (χ0n) is 9.71. The Hall–Kier alpha value is -1.94. The van der Waals surface area contributed by atoms with Gasteiger partial charge >= 0.3 is 5.97 Å². The Bertz CT molecular complexity index is 546. The number of pyridine rings is 2. The summed E-state index contributed by atoms with van der Waals surface area (Å²) < 4.78 is 5.28. The van der Waals surface area contributed by atoms with Crippen molar-refractivity contribution in [1.29, 1.82) is 0 Å². The second-order valence-electron chi connectivity index (χ2n) is 3.64. The van der Waals surface area contributed by atoms with E-state index in [1.807, 2.05) is 6.07 Å². The third-order valence-corrected chi connectivity index (χ3v) is 2.67. The van der Waals surface area contributed by atoms with Crippen molar-refractivity contribution in [3.05, 3.63) is 59.1 Å². The Morgan fingerprint density at radius 3 is 2.67 bits per heavy atom. The van der Waals surface area contributed by atoms with Gasteiger partial charge in [0.15, 0.2) is 0 Å². The Morgan fingerprint density at radius 1 is 1.22 bits per heavy atom. The van der Waals surface area contributed by atoms with E-state index in [9.17, 15) is 4.79 Å². The fourth-order valence-corrected chi connectivity index (χ4v) is 1.64. The molecule has 5 heteroatoms. The van der Waals surface area contributed by atoms with Crippen LogP contribution in [0, 0.1) is 0 Å². The fourth-order valence-electron chi connectivity index (χ4n) is 1.44. The van der Waals surface area contributed by atoms with Crippen molar-refractivity contribution in [2.75, 3.05) is 0 Å². The number of aromatic nitrogens is 2. The van der Waals surface area contributed by atoms with Crippen LogP contribution in [0.5, 0.6) is 0 Å². The van der Waals surface area contributed by atoms with Crippen LogP contribution in [0.3, 0.4) is 0 Å². The monoisotopic (exact) mass is 262 g/mol. The lowest BCUT2D eigenvalue weighted by atomic mass is 10.2. The topological polar surface area (TPSA) is 52.1 Å². The van der Waals surface area contributed by atoms with E-state index in [0.717, 1.165) is 0 Å². The molecule has 2 aromatic rings. The van der Waals surface area contributed by atoms with E-state index >= 15 is 0 Å². The first kappa shape index (κ1) is 12.5. The van der Waals surface area contributed by atoms with Crippen LogP contribution >= 0.6 is 11.6 Å². The van der Waals surface area contributed by atoms with Crippen LogP contribution in [-0.2, 0) is 4.74 Å². The van der Waals surface area contributed by atoms with Crippen molar-refractivity contribution in [2.45, 2.75) is 13.0 Å². The van der Waals surface area contributed by atoms with E-state index in [0.29, 0.717) is 5.69 Å². The van der Waals surface area contributed by atoms with E-state index in [1.54, 1.807) is 37.4 Å². The second-order valence-corrected chi connectivity index (χ2v) is 4.00. The van der Waals surface area contributed by atoms with Crippen LogP contribution in [0.25, 0.3) is 0 Å². The minimum Gasteiger partial charge on any atom is -0.452 e.